The van der Waals surface area contributed by atoms with Crippen molar-refractivity contribution in [3.63, 3.8) is 0 Å². The van der Waals surface area contributed by atoms with E-state index in [0.717, 1.165) is 11.8 Å². The second kappa shape index (κ2) is 5.32. The second-order valence-corrected chi connectivity index (χ2v) is 5.57. The van der Waals surface area contributed by atoms with Crippen LogP contribution in [0.3, 0.4) is 0 Å². The van der Waals surface area contributed by atoms with Crippen LogP contribution in [0.2, 0.25) is 0 Å². The van der Waals surface area contributed by atoms with Crippen LogP contribution < -0.4 is 4.74 Å². The molecule has 90 valence electrons. The third-order valence-corrected chi connectivity index (χ3v) is 3.39. The Hall–Kier alpha value is -1.07. The molecule has 0 atom stereocenters. The molecule has 0 heterocycles. The predicted molar refractivity (Wildman–Crippen MR) is 61.5 cm³/mol. The van der Waals surface area contributed by atoms with Gasteiger partial charge in [0.1, 0.15) is 10.6 Å². The van der Waals surface area contributed by atoms with E-state index in [9.17, 15) is 8.42 Å². The normalized spacial score (nSPS) is 11.4. The molecular formula is C11H16O4S. The molecule has 4 nitrogen and oxygen atoms in total. The minimum absolute atomic E-state index is 0.121. The van der Waals surface area contributed by atoms with Crippen molar-refractivity contribution in [1.82, 2.24) is 0 Å². The highest BCUT2D eigenvalue weighted by Crippen LogP contribution is 2.25. The van der Waals surface area contributed by atoms with Gasteiger partial charge in [0.2, 0.25) is 0 Å². The molecule has 0 spiro atoms. The summed E-state index contributed by atoms with van der Waals surface area (Å²) in [7, 11) is -1.81. The molecule has 1 rings (SSSR count). The Morgan fingerprint density at radius 3 is 2.56 bits per heavy atom. The van der Waals surface area contributed by atoms with E-state index in [-0.39, 0.29) is 11.5 Å². The maximum atomic E-state index is 11.4. The van der Waals surface area contributed by atoms with Gasteiger partial charge in [-0.15, -0.1) is 0 Å². The maximum absolute atomic E-state index is 11.4. The molecule has 0 amide bonds. The average Bonchev–Trinajstić information content (AvgIpc) is 2.24. The van der Waals surface area contributed by atoms with Gasteiger partial charge in [-0.2, -0.15) is 0 Å². The van der Waals surface area contributed by atoms with Crippen molar-refractivity contribution in [1.29, 1.82) is 0 Å². The third kappa shape index (κ3) is 3.21. The van der Waals surface area contributed by atoms with Crippen LogP contribution in [0.25, 0.3) is 0 Å². The molecule has 0 fully saturated rings. The van der Waals surface area contributed by atoms with Crippen molar-refractivity contribution >= 4 is 9.84 Å². The zero-order valence-electron chi connectivity index (χ0n) is 9.43. The van der Waals surface area contributed by atoms with Gasteiger partial charge in [-0.3, -0.25) is 0 Å². The Morgan fingerprint density at radius 1 is 1.38 bits per heavy atom. The number of aryl methyl sites for hydroxylation is 1. The van der Waals surface area contributed by atoms with Gasteiger partial charge in [0.15, 0.2) is 9.84 Å². The minimum Gasteiger partial charge on any atom is -0.495 e. The SMILES string of the molecule is COc1cc(CCCO)ccc1S(C)(=O)=O. The van der Waals surface area contributed by atoms with Gasteiger partial charge in [0.05, 0.1) is 7.11 Å². The first-order valence-electron chi connectivity index (χ1n) is 4.97. The van der Waals surface area contributed by atoms with Crippen LogP contribution in [0.15, 0.2) is 23.1 Å². The van der Waals surface area contributed by atoms with Gasteiger partial charge in [-0.05, 0) is 30.5 Å². The number of methoxy groups -OCH3 is 1. The monoisotopic (exact) mass is 244 g/mol. The van der Waals surface area contributed by atoms with Crippen molar-refractivity contribution in [3.05, 3.63) is 23.8 Å². The maximum Gasteiger partial charge on any atom is 0.179 e. The molecule has 1 N–H and O–H groups in total. The average molecular weight is 244 g/mol. The molecule has 16 heavy (non-hydrogen) atoms. The number of hydrogen-bond acceptors (Lipinski definition) is 4. The summed E-state index contributed by atoms with van der Waals surface area (Å²) >= 11 is 0. The van der Waals surface area contributed by atoms with E-state index in [1.165, 1.54) is 7.11 Å². The highest BCUT2D eigenvalue weighted by molar-refractivity contribution is 7.90. The lowest BCUT2D eigenvalue weighted by Crippen LogP contribution is -2.01. The zero-order valence-corrected chi connectivity index (χ0v) is 10.3. The zero-order chi connectivity index (χ0) is 12.2. The molecule has 0 aliphatic carbocycles. The summed E-state index contributed by atoms with van der Waals surface area (Å²) in [6.07, 6.45) is 2.51. The Bertz CT molecular complexity index is 451. The van der Waals surface area contributed by atoms with Gasteiger partial charge in [-0.1, -0.05) is 6.07 Å². The van der Waals surface area contributed by atoms with Gasteiger partial charge in [-0.25, -0.2) is 8.42 Å². The molecule has 0 saturated carbocycles. The number of ether oxygens (including phenoxy) is 1. The molecule has 1 aromatic carbocycles. The Labute approximate surface area is 95.8 Å². The van der Waals surface area contributed by atoms with Gasteiger partial charge >= 0.3 is 0 Å². The fraction of sp³-hybridized carbons (Fsp3) is 0.455. The second-order valence-electron chi connectivity index (χ2n) is 3.58. The van der Waals surface area contributed by atoms with Gasteiger partial charge in [0.25, 0.3) is 0 Å². The number of rotatable bonds is 5. The summed E-state index contributed by atoms with van der Waals surface area (Å²) < 4.78 is 27.9. The molecule has 0 aliphatic heterocycles. The van der Waals surface area contributed by atoms with Crippen LogP contribution in [-0.4, -0.2) is 33.5 Å². The summed E-state index contributed by atoms with van der Waals surface area (Å²) in [6, 6.07) is 4.99. The number of hydrogen-bond donors (Lipinski definition) is 1. The highest BCUT2D eigenvalue weighted by atomic mass is 32.2. The molecule has 1 aromatic rings. The molecule has 0 saturated heterocycles. The van der Waals surface area contributed by atoms with E-state index in [1.807, 2.05) is 0 Å². The Balaban J connectivity index is 3.07. The van der Waals surface area contributed by atoms with Crippen LogP contribution in [-0.2, 0) is 16.3 Å². The summed E-state index contributed by atoms with van der Waals surface area (Å²) in [4.78, 5) is 0.197. The van der Waals surface area contributed by atoms with Crippen LogP contribution >= 0.6 is 0 Å². The fourth-order valence-corrected chi connectivity index (χ4v) is 2.28. The first-order chi connectivity index (χ1) is 7.49. The van der Waals surface area contributed by atoms with Crippen LogP contribution in [0.1, 0.15) is 12.0 Å². The van der Waals surface area contributed by atoms with E-state index in [2.05, 4.69) is 0 Å². The first kappa shape index (κ1) is 13.0. The summed E-state index contributed by atoms with van der Waals surface area (Å²) in [5.41, 5.74) is 0.957. The van der Waals surface area contributed by atoms with Crippen LogP contribution in [0, 0.1) is 0 Å². The molecule has 0 aliphatic rings. The standard InChI is InChI=1S/C11H16O4S/c1-15-10-8-9(4-3-7-12)5-6-11(10)16(2,13)14/h5-6,8,12H,3-4,7H2,1-2H3. The van der Waals surface area contributed by atoms with Crippen molar-refractivity contribution < 1.29 is 18.3 Å². The van der Waals surface area contributed by atoms with E-state index < -0.39 is 9.84 Å². The lowest BCUT2D eigenvalue weighted by Gasteiger charge is -2.08. The van der Waals surface area contributed by atoms with Crippen molar-refractivity contribution in [3.8, 4) is 5.75 Å². The molecule has 5 heteroatoms. The van der Waals surface area contributed by atoms with Crippen molar-refractivity contribution in [2.45, 2.75) is 17.7 Å². The number of benzene rings is 1. The van der Waals surface area contributed by atoms with E-state index in [4.69, 9.17) is 9.84 Å². The quantitative estimate of drug-likeness (QED) is 0.840. The number of aliphatic hydroxyl groups excluding tert-OH is 1. The lowest BCUT2D eigenvalue weighted by molar-refractivity contribution is 0.288. The van der Waals surface area contributed by atoms with E-state index in [0.29, 0.717) is 18.6 Å². The van der Waals surface area contributed by atoms with E-state index in [1.54, 1.807) is 18.2 Å². The van der Waals surface area contributed by atoms with Gasteiger partial charge in [0, 0.05) is 12.9 Å². The summed E-state index contributed by atoms with van der Waals surface area (Å²) in [5.74, 6) is 0.359. The lowest BCUT2D eigenvalue weighted by atomic mass is 10.1. The van der Waals surface area contributed by atoms with E-state index >= 15 is 0 Å². The largest absolute Gasteiger partial charge is 0.495 e. The first-order valence-corrected chi connectivity index (χ1v) is 6.86. The molecule has 0 radical (unpaired) electrons. The predicted octanol–water partition coefficient (Wildman–Crippen LogP) is 1.02. The minimum atomic E-state index is -3.26. The van der Waals surface area contributed by atoms with Crippen molar-refractivity contribution in [2.24, 2.45) is 0 Å². The molecule has 0 aromatic heterocycles. The third-order valence-electron chi connectivity index (χ3n) is 2.25. The van der Waals surface area contributed by atoms with Crippen LogP contribution in [0.5, 0.6) is 5.75 Å². The van der Waals surface area contributed by atoms with Gasteiger partial charge < -0.3 is 9.84 Å². The summed E-state index contributed by atoms with van der Waals surface area (Å²) in [5, 5.41) is 8.71. The molecular weight excluding hydrogens is 228 g/mol. The number of sulfone groups is 1. The summed E-state index contributed by atoms with van der Waals surface area (Å²) in [6.45, 7) is 0.121. The fourth-order valence-electron chi connectivity index (χ4n) is 1.46. The topological polar surface area (TPSA) is 63.6 Å². The van der Waals surface area contributed by atoms with Crippen LogP contribution in [0.4, 0.5) is 0 Å². The highest BCUT2D eigenvalue weighted by Gasteiger charge is 2.14. The number of aliphatic hydroxyl groups is 1. The van der Waals surface area contributed by atoms with Crippen molar-refractivity contribution in [2.75, 3.05) is 20.0 Å². The Kier molecular flexibility index (Phi) is 4.32. The molecule has 0 bridgehead atoms. The molecule has 0 unspecified atom stereocenters. The smallest absolute Gasteiger partial charge is 0.179 e. The Morgan fingerprint density at radius 2 is 2.06 bits per heavy atom.